The van der Waals surface area contributed by atoms with E-state index in [1.165, 1.54) is 0 Å². The number of nitrogens with zero attached hydrogens (tertiary/aromatic N) is 4. The molecule has 0 bridgehead atoms. The smallest absolute Gasteiger partial charge is 0.222 e. The van der Waals surface area contributed by atoms with Crippen molar-refractivity contribution in [1.82, 2.24) is 24.8 Å². The standard InChI is InChI=1S/C17H23N5O/c1-3-16(23)22-6-4-5-13(11-22)7-14-9-18-10-15(21-14)17-19-8-12(2)20-17/h8-10,13H,3-7,11H2,1-2H3,(H,19,20)/t13-/m1/s1. The Morgan fingerprint density at radius 2 is 2.26 bits per heavy atom. The number of H-pyrrole nitrogens is 1. The molecule has 1 N–H and O–H groups in total. The summed E-state index contributed by atoms with van der Waals surface area (Å²) in [4.78, 5) is 30.4. The zero-order valence-electron chi connectivity index (χ0n) is 13.7. The van der Waals surface area contributed by atoms with Gasteiger partial charge in [-0.1, -0.05) is 6.92 Å². The van der Waals surface area contributed by atoms with Crippen LogP contribution in [0.2, 0.25) is 0 Å². The van der Waals surface area contributed by atoms with E-state index in [1.54, 1.807) is 12.4 Å². The number of imidazole rings is 1. The lowest BCUT2D eigenvalue weighted by molar-refractivity contribution is -0.132. The van der Waals surface area contributed by atoms with Crippen molar-refractivity contribution in [2.45, 2.75) is 39.5 Å². The van der Waals surface area contributed by atoms with Crippen LogP contribution in [0.4, 0.5) is 0 Å². The summed E-state index contributed by atoms with van der Waals surface area (Å²) in [6.45, 7) is 5.61. The summed E-state index contributed by atoms with van der Waals surface area (Å²) in [5, 5.41) is 0. The number of carbonyl (C=O) groups excluding carboxylic acids is 1. The molecule has 0 radical (unpaired) electrons. The van der Waals surface area contributed by atoms with Crippen LogP contribution >= 0.6 is 0 Å². The van der Waals surface area contributed by atoms with E-state index in [1.807, 2.05) is 24.9 Å². The second kappa shape index (κ2) is 6.89. The number of hydrogen-bond acceptors (Lipinski definition) is 4. The number of nitrogens with one attached hydrogen (secondary N) is 1. The zero-order chi connectivity index (χ0) is 16.2. The Labute approximate surface area is 136 Å². The molecule has 1 fully saturated rings. The van der Waals surface area contributed by atoms with Gasteiger partial charge in [0, 0.05) is 37.6 Å². The number of aromatic nitrogens is 4. The third kappa shape index (κ3) is 3.75. The van der Waals surface area contributed by atoms with E-state index in [4.69, 9.17) is 0 Å². The van der Waals surface area contributed by atoms with Gasteiger partial charge in [-0.2, -0.15) is 0 Å². The van der Waals surface area contributed by atoms with Crippen molar-refractivity contribution in [3.05, 3.63) is 30.0 Å². The van der Waals surface area contributed by atoms with Crippen LogP contribution in [0.5, 0.6) is 0 Å². The largest absolute Gasteiger partial charge is 0.342 e. The van der Waals surface area contributed by atoms with Gasteiger partial charge in [-0.3, -0.25) is 9.78 Å². The summed E-state index contributed by atoms with van der Waals surface area (Å²) >= 11 is 0. The van der Waals surface area contributed by atoms with E-state index in [9.17, 15) is 4.79 Å². The molecule has 3 heterocycles. The Bertz CT molecular complexity index is 681. The minimum atomic E-state index is 0.251. The molecule has 6 nitrogen and oxygen atoms in total. The molecule has 1 saturated heterocycles. The SMILES string of the molecule is CCC(=O)N1CCC[C@H](Cc2cncc(-c3ncc(C)[nH]3)n2)C1. The second-order valence-corrected chi connectivity index (χ2v) is 6.22. The molecule has 122 valence electrons. The fourth-order valence-corrected chi connectivity index (χ4v) is 3.14. The van der Waals surface area contributed by atoms with Crippen LogP contribution in [0.1, 0.15) is 37.6 Å². The normalized spacial score (nSPS) is 18.2. The quantitative estimate of drug-likeness (QED) is 0.940. The van der Waals surface area contributed by atoms with Crippen molar-refractivity contribution < 1.29 is 4.79 Å². The molecule has 1 aliphatic heterocycles. The van der Waals surface area contributed by atoms with Gasteiger partial charge in [0.25, 0.3) is 0 Å². The summed E-state index contributed by atoms with van der Waals surface area (Å²) < 4.78 is 0. The third-order valence-corrected chi connectivity index (χ3v) is 4.30. The molecule has 23 heavy (non-hydrogen) atoms. The van der Waals surface area contributed by atoms with Crippen LogP contribution in [-0.2, 0) is 11.2 Å². The highest BCUT2D eigenvalue weighted by Gasteiger charge is 2.23. The number of aryl methyl sites for hydroxylation is 1. The highest BCUT2D eigenvalue weighted by atomic mass is 16.2. The van der Waals surface area contributed by atoms with Gasteiger partial charge in [0.2, 0.25) is 5.91 Å². The van der Waals surface area contributed by atoms with E-state index >= 15 is 0 Å². The average Bonchev–Trinajstić information content (AvgIpc) is 3.01. The summed E-state index contributed by atoms with van der Waals surface area (Å²) in [6.07, 6.45) is 8.99. The number of carbonyl (C=O) groups is 1. The summed E-state index contributed by atoms with van der Waals surface area (Å²) in [5.74, 6) is 1.46. The lowest BCUT2D eigenvalue weighted by atomic mass is 9.93. The highest BCUT2D eigenvalue weighted by molar-refractivity contribution is 5.75. The van der Waals surface area contributed by atoms with E-state index in [-0.39, 0.29) is 5.91 Å². The third-order valence-electron chi connectivity index (χ3n) is 4.30. The lowest BCUT2D eigenvalue weighted by Crippen LogP contribution is -2.40. The van der Waals surface area contributed by atoms with Crippen LogP contribution in [0.25, 0.3) is 11.5 Å². The Kier molecular flexibility index (Phi) is 4.69. The molecule has 3 rings (SSSR count). The van der Waals surface area contributed by atoms with Gasteiger partial charge in [0.05, 0.1) is 11.9 Å². The van der Waals surface area contributed by atoms with Crippen molar-refractivity contribution in [2.75, 3.05) is 13.1 Å². The maximum atomic E-state index is 11.9. The fraction of sp³-hybridized carbons (Fsp3) is 0.529. The fourth-order valence-electron chi connectivity index (χ4n) is 3.14. The maximum Gasteiger partial charge on any atom is 0.222 e. The molecule has 1 atom stereocenters. The number of amides is 1. The highest BCUT2D eigenvalue weighted by Crippen LogP contribution is 2.21. The lowest BCUT2D eigenvalue weighted by Gasteiger charge is -2.32. The monoisotopic (exact) mass is 313 g/mol. The predicted molar refractivity (Wildman–Crippen MR) is 87.6 cm³/mol. The van der Waals surface area contributed by atoms with Gasteiger partial charge in [0.1, 0.15) is 5.69 Å². The molecule has 1 aliphatic rings. The number of piperidine rings is 1. The van der Waals surface area contributed by atoms with E-state index in [0.717, 1.165) is 55.3 Å². The molecular weight excluding hydrogens is 290 g/mol. The van der Waals surface area contributed by atoms with Crippen LogP contribution in [0.3, 0.4) is 0 Å². The summed E-state index contributed by atoms with van der Waals surface area (Å²) in [5.41, 5.74) is 2.74. The maximum absolute atomic E-state index is 11.9. The Balaban J connectivity index is 1.69. The van der Waals surface area contributed by atoms with Gasteiger partial charge in [0.15, 0.2) is 5.82 Å². The Hall–Kier alpha value is -2.24. The molecule has 0 saturated carbocycles. The second-order valence-electron chi connectivity index (χ2n) is 6.22. The van der Waals surface area contributed by atoms with Gasteiger partial charge < -0.3 is 9.88 Å². The van der Waals surface area contributed by atoms with Crippen molar-refractivity contribution >= 4 is 5.91 Å². The van der Waals surface area contributed by atoms with Gasteiger partial charge in [-0.05, 0) is 32.1 Å². The van der Waals surface area contributed by atoms with E-state index in [0.29, 0.717) is 12.3 Å². The topological polar surface area (TPSA) is 74.8 Å². The summed E-state index contributed by atoms with van der Waals surface area (Å²) in [6, 6.07) is 0. The molecule has 0 aromatic carbocycles. The van der Waals surface area contributed by atoms with Crippen molar-refractivity contribution in [2.24, 2.45) is 5.92 Å². The number of hydrogen-bond donors (Lipinski definition) is 1. The minimum Gasteiger partial charge on any atom is -0.342 e. The molecule has 2 aromatic heterocycles. The molecule has 1 amide bonds. The van der Waals surface area contributed by atoms with Crippen LogP contribution < -0.4 is 0 Å². The first-order valence-electron chi connectivity index (χ1n) is 8.26. The first kappa shape index (κ1) is 15.6. The van der Waals surface area contributed by atoms with Crippen molar-refractivity contribution in [1.29, 1.82) is 0 Å². The van der Waals surface area contributed by atoms with Gasteiger partial charge >= 0.3 is 0 Å². The number of rotatable bonds is 4. The number of likely N-dealkylation sites (tertiary alicyclic amines) is 1. The minimum absolute atomic E-state index is 0.251. The predicted octanol–water partition coefficient (Wildman–Crippen LogP) is 2.37. The van der Waals surface area contributed by atoms with Crippen molar-refractivity contribution in [3.8, 4) is 11.5 Å². The Morgan fingerprint density at radius 3 is 3.00 bits per heavy atom. The molecule has 0 spiro atoms. The van der Waals surface area contributed by atoms with Crippen LogP contribution in [0, 0.1) is 12.8 Å². The average molecular weight is 313 g/mol. The van der Waals surface area contributed by atoms with Crippen LogP contribution in [-0.4, -0.2) is 43.8 Å². The molecule has 0 unspecified atom stereocenters. The van der Waals surface area contributed by atoms with Crippen LogP contribution in [0.15, 0.2) is 18.6 Å². The number of aromatic amines is 1. The van der Waals surface area contributed by atoms with Crippen molar-refractivity contribution in [3.63, 3.8) is 0 Å². The first-order chi connectivity index (χ1) is 11.2. The van der Waals surface area contributed by atoms with E-state index in [2.05, 4.69) is 19.9 Å². The van der Waals surface area contributed by atoms with Gasteiger partial charge in [-0.25, -0.2) is 9.97 Å². The van der Waals surface area contributed by atoms with Gasteiger partial charge in [-0.15, -0.1) is 0 Å². The first-order valence-corrected chi connectivity index (χ1v) is 8.26. The molecule has 2 aromatic rings. The zero-order valence-corrected chi connectivity index (χ0v) is 13.7. The molecule has 6 heteroatoms. The Morgan fingerprint density at radius 1 is 1.39 bits per heavy atom. The van der Waals surface area contributed by atoms with E-state index < -0.39 is 0 Å². The molecular formula is C17H23N5O. The molecule has 0 aliphatic carbocycles. The summed E-state index contributed by atoms with van der Waals surface area (Å²) in [7, 11) is 0.